The van der Waals surface area contributed by atoms with Crippen molar-refractivity contribution in [1.82, 2.24) is 4.57 Å². The Labute approximate surface area is 308 Å². The van der Waals surface area contributed by atoms with Crippen molar-refractivity contribution in [2.24, 2.45) is 7.05 Å². The minimum Gasteiger partial charge on any atom is -0.344 e. The summed E-state index contributed by atoms with van der Waals surface area (Å²) in [5, 5.41) is 10.6. The van der Waals surface area contributed by atoms with Crippen LogP contribution in [0.3, 0.4) is 0 Å². The molecule has 0 N–H and O–H groups in total. The fourth-order valence-corrected chi connectivity index (χ4v) is 11.4. The van der Waals surface area contributed by atoms with Gasteiger partial charge in [-0.25, -0.2) is 0 Å². The molecule has 11 aromatic rings. The largest absolute Gasteiger partial charge is 0.344 e. The number of benzene rings is 8. The summed E-state index contributed by atoms with van der Waals surface area (Å²) in [6.07, 6.45) is 0. The molecule has 0 atom stereocenters. The summed E-state index contributed by atoms with van der Waals surface area (Å²) in [5.41, 5.74) is 12.7. The lowest BCUT2D eigenvalue weighted by atomic mass is 9.87. The zero-order chi connectivity index (χ0) is 34.2. The minimum absolute atomic E-state index is 1.24. The first-order chi connectivity index (χ1) is 25.6. The highest BCUT2D eigenvalue weighted by Crippen LogP contribution is 2.52. The van der Waals surface area contributed by atoms with E-state index in [0.29, 0.717) is 0 Å². The third-order valence-corrected chi connectivity index (χ3v) is 13.8. The fourth-order valence-electron chi connectivity index (χ4n) is 9.17. The van der Waals surface area contributed by atoms with Crippen molar-refractivity contribution in [2.45, 2.75) is 0 Å². The number of hydrogen-bond donors (Lipinski definition) is 0. The van der Waals surface area contributed by atoms with Crippen LogP contribution in [0, 0.1) is 0 Å². The van der Waals surface area contributed by atoms with E-state index in [-0.39, 0.29) is 0 Å². The van der Waals surface area contributed by atoms with Gasteiger partial charge < -0.3 is 9.47 Å². The number of aromatic nitrogens is 1. The summed E-state index contributed by atoms with van der Waals surface area (Å²) < 4.78 is 7.76. The van der Waals surface area contributed by atoms with Crippen LogP contribution in [0.1, 0.15) is 0 Å². The maximum Gasteiger partial charge on any atom is 0.0501 e. The summed E-state index contributed by atoms with van der Waals surface area (Å²) in [7, 11) is 4.47. The summed E-state index contributed by atoms with van der Waals surface area (Å²) in [6, 6.07) is 54.6. The molecule has 244 valence electrons. The Kier molecular flexibility index (Phi) is 5.70. The Morgan fingerprint density at radius 1 is 0.365 bits per heavy atom. The predicted molar refractivity (Wildman–Crippen MR) is 228 cm³/mol. The van der Waals surface area contributed by atoms with Crippen LogP contribution in [0.4, 0.5) is 11.4 Å². The van der Waals surface area contributed by atoms with Gasteiger partial charge in [0.25, 0.3) is 0 Å². The Morgan fingerprint density at radius 2 is 0.962 bits per heavy atom. The van der Waals surface area contributed by atoms with Crippen LogP contribution in [0.2, 0.25) is 0 Å². The molecule has 4 heterocycles. The Bertz CT molecular complexity index is 3340. The molecule has 0 aliphatic carbocycles. The van der Waals surface area contributed by atoms with E-state index in [1.54, 1.807) is 0 Å². The zero-order valence-electron chi connectivity index (χ0n) is 28.6. The summed E-state index contributed by atoms with van der Waals surface area (Å²) >= 11 is 3.76. The predicted octanol–water partition coefficient (Wildman–Crippen LogP) is 14.3. The summed E-state index contributed by atoms with van der Waals surface area (Å²) in [6.45, 7) is 0. The van der Waals surface area contributed by atoms with E-state index in [1.165, 1.54) is 118 Å². The third-order valence-electron chi connectivity index (χ3n) is 11.5. The first kappa shape index (κ1) is 28.7. The quantitative estimate of drug-likeness (QED) is 0.174. The van der Waals surface area contributed by atoms with Gasteiger partial charge in [-0.2, -0.15) is 0 Å². The molecule has 3 aromatic heterocycles. The van der Waals surface area contributed by atoms with Gasteiger partial charge in [0.1, 0.15) is 0 Å². The van der Waals surface area contributed by atoms with Gasteiger partial charge in [0.2, 0.25) is 0 Å². The number of hydrogen-bond acceptors (Lipinski definition) is 3. The van der Waals surface area contributed by atoms with Crippen molar-refractivity contribution in [2.75, 3.05) is 11.9 Å². The van der Waals surface area contributed by atoms with Gasteiger partial charge in [0.05, 0.1) is 5.52 Å². The van der Waals surface area contributed by atoms with Gasteiger partial charge in [-0.15, -0.1) is 22.7 Å². The molecular weight excluding hydrogens is 669 g/mol. The van der Waals surface area contributed by atoms with E-state index in [2.05, 4.69) is 169 Å². The number of aryl methyl sites for hydroxylation is 1. The third kappa shape index (κ3) is 3.73. The molecular formula is C48H30N2S2. The van der Waals surface area contributed by atoms with E-state index in [9.17, 15) is 0 Å². The van der Waals surface area contributed by atoms with Crippen LogP contribution in [0.25, 0.3) is 106 Å². The lowest BCUT2D eigenvalue weighted by Crippen LogP contribution is -2.15. The monoisotopic (exact) mass is 698 g/mol. The second-order valence-electron chi connectivity index (χ2n) is 14.2. The number of rotatable bonds is 2. The molecule has 0 fully saturated rings. The molecule has 0 unspecified atom stereocenters. The van der Waals surface area contributed by atoms with Crippen LogP contribution in [0.15, 0.2) is 146 Å². The van der Waals surface area contributed by atoms with Crippen LogP contribution in [-0.4, -0.2) is 11.6 Å². The fraction of sp³-hybridized carbons (Fsp3) is 0.0417. The average Bonchev–Trinajstić information content (AvgIpc) is 3.86. The smallest absolute Gasteiger partial charge is 0.0501 e. The molecule has 1 aliphatic rings. The van der Waals surface area contributed by atoms with Gasteiger partial charge in [-0.3, -0.25) is 0 Å². The van der Waals surface area contributed by atoms with E-state index in [0.717, 1.165) is 0 Å². The Hall–Kier alpha value is -5.94. The van der Waals surface area contributed by atoms with Gasteiger partial charge in [-0.1, -0.05) is 97.1 Å². The lowest BCUT2D eigenvalue weighted by molar-refractivity contribution is 1.01. The molecule has 0 saturated heterocycles. The number of nitrogens with zero attached hydrogens (tertiary/aromatic N) is 2. The Morgan fingerprint density at radius 3 is 1.67 bits per heavy atom. The van der Waals surface area contributed by atoms with Gasteiger partial charge >= 0.3 is 0 Å². The lowest BCUT2D eigenvalue weighted by Gasteiger charge is -2.31. The van der Waals surface area contributed by atoms with E-state index in [1.807, 2.05) is 22.7 Å². The van der Waals surface area contributed by atoms with Crippen molar-refractivity contribution in [1.29, 1.82) is 0 Å². The molecule has 0 spiro atoms. The first-order valence-corrected chi connectivity index (χ1v) is 19.4. The van der Waals surface area contributed by atoms with Crippen molar-refractivity contribution >= 4 is 107 Å². The standard InChI is InChI=1S/C48H30N2S2/c1-49-37-15-7-14-35-45-32-23-21-28(30-13-9-19-44-48(30)34-11-4-6-17-42(34)52-44)25-39(32)50(2)40(45)26-36(46(35)37)31-22-20-27(24-38(31)49)29-12-8-18-43-47(29)33-10-3-5-16-41(33)51-43/h3-26H,1-2H3. The topological polar surface area (TPSA) is 8.17 Å². The van der Waals surface area contributed by atoms with Crippen molar-refractivity contribution in [3.8, 4) is 33.4 Å². The average molecular weight is 699 g/mol. The van der Waals surface area contributed by atoms with E-state index >= 15 is 0 Å². The molecule has 4 heteroatoms. The molecule has 12 rings (SSSR count). The highest BCUT2D eigenvalue weighted by atomic mass is 32.1. The van der Waals surface area contributed by atoms with Gasteiger partial charge in [0, 0.05) is 93.1 Å². The second-order valence-corrected chi connectivity index (χ2v) is 16.3. The molecule has 2 nitrogen and oxygen atoms in total. The van der Waals surface area contributed by atoms with E-state index in [4.69, 9.17) is 0 Å². The van der Waals surface area contributed by atoms with Crippen LogP contribution in [-0.2, 0) is 7.05 Å². The number of anilines is 2. The molecule has 0 amide bonds. The highest BCUT2D eigenvalue weighted by molar-refractivity contribution is 7.26. The first-order valence-electron chi connectivity index (χ1n) is 17.8. The van der Waals surface area contributed by atoms with Crippen molar-refractivity contribution in [3.63, 3.8) is 0 Å². The molecule has 0 saturated carbocycles. The number of fused-ring (bicyclic) bond motifs is 12. The van der Waals surface area contributed by atoms with Crippen LogP contribution < -0.4 is 4.90 Å². The normalized spacial score (nSPS) is 12.8. The zero-order valence-corrected chi connectivity index (χ0v) is 30.2. The van der Waals surface area contributed by atoms with Crippen molar-refractivity contribution in [3.05, 3.63) is 146 Å². The van der Waals surface area contributed by atoms with Crippen LogP contribution >= 0.6 is 22.7 Å². The summed E-state index contributed by atoms with van der Waals surface area (Å²) in [5.74, 6) is 0. The van der Waals surface area contributed by atoms with E-state index < -0.39 is 0 Å². The maximum absolute atomic E-state index is 2.45. The molecule has 8 aromatic carbocycles. The SMILES string of the molecule is CN1c2cc(-c3cccc4sc5ccccc5c34)ccc2-c2cc3c(c4cccc1c24)c1ccc(-c2cccc4sc5ccccc5c24)cc1n3C. The molecule has 0 radical (unpaired) electrons. The van der Waals surface area contributed by atoms with Gasteiger partial charge in [0.15, 0.2) is 0 Å². The van der Waals surface area contributed by atoms with Crippen LogP contribution in [0.5, 0.6) is 0 Å². The molecule has 1 aliphatic heterocycles. The molecule has 0 bridgehead atoms. The highest BCUT2D eigenvalue weighted by Gasteiger charge is 2.26. The minimum atomic E-state index is 1.24. The van der Waals surface area contributed by atoms with Crippen molar-refractivity contribution < 1.29 is 0 Å². The van der Waals surface area contributed by atoms with Gasteiger partial charge in [-0.05, 0) is 81.7 Å². The Balaban J connectivity index is 1.08. The summed E-state index contributed by atoms with van der Waals surface area (Å²) in [4.78, 5) is 2.40. The maximum atomic E-state index is 2.45. The second kappa shape index (κ2) is 10.3. The molecule has 52 heavy (non-hydrogen) atoms. The number of thiophene rings is 2.